The van der Waals surface area contributed by atoms with E-state index in [9.17, 15) is 14.9 Å². The van der Waals surface area contributed by atoms with Crippen LogP contribution in [0.4, 0.5) is 5.69 Å². The SMILES string of the molecule is CC(C)NC(=NCc1ccc([N+](=O)[O-])cc1)N1CCN(C(=O)c2ccco2)CC1. The van der Waals surface area contributed by atoms with Crippen LogP contribution < -0.4 is 5.32 Å². The van der Waals surface area contributed by atoms with Crippen molar-refractivity contribution in [3.63, 3.8) is 0 Å². The van der Waals surface area contributed by atoms with Gasteiger partial charge in [0.1, 0.15) is 0 Å². The third-order valence-corrected chi connectivity index (χ3v) is 4.57. The average molecular weight is 399 g/mol. The molecule has 0 atom stereocenters. The molecule has 0 unspecified atom stereocenters. The van der Waals surface area contributed by atoms with Crippen molar-refractivity contribution in [1.82, 2.24) is 15.1 Å². The van der Waals surface area contributed by atoms with Crippen LogP contribution in [-0.2, 0) is 6.54 Å². The molecule has 1 aromatic carbocycles. The van der Waals surface area contributed by atoms with Crippen LogP contribution >= 0.6 is 0 Å². The van der Waals surface area contributed by atoms with Crippen LogP contribution in [0.2, 0.25) is 0 Å². The summed E-state index contributed by atoms with van der Waals surface area (Å²) >= 11 is 0. The van der Waals surface area contributed by atoms with Crippen molar-refractivity contribution in [3.05, 3.63) is 64.1 Å². The Kier molecular flexibility index (Phi) is 6.48. The molecular formula is C20H25N5O4. The van der Waals surface area contributed by atoms with Crippen LogP contribution in [-0.4, -0.2) is 58.8 Å². The molecule has 0 spiro atoms. The second-order valence-corrected chi connectivity index (χ2v) is 7.12. The van der Waals surface area contributed by atoms with Gasteiger partial charge in [0.15, 0.2) is 11.7 Å². The lowest BCUT2D eigenvalue weighted by Gasteiger charge is -2.36. The lowest BCUT2D eigenvalue weighted by atomic mass is 10.2. The van der Waals surface area contributed by atoms with Gasteiger partial charge in [-0.05, 0) is 31.5 Å². The second-order valence-electron chi connectivity index (χ2n) is 7.12. The zero-order valence-corrected chi connectivity index (χ0v) is 16.6. The topological polar surface area (TPSA) is 104 Å². The summed E-state index contributed by atoms with van der Waals surface area (Å²) in [6, 6.07) is 9.99. The molecule has 2 aromatic rings. The molecule has 0 bridgehead atoms. The first-order chi connectivity index (χ1) is 13.9. The molecule has 1 fully saturated rings. The van der Waals surface area contributed by atoms with Gasteiger partial charge < -0.3 is 19.5 Å². The number of hydrogen-bond donors (Lipinski definition) is 1. The number of guanidine groups is 1. The lowest BCUT2D eigenvalue weighted by molar-refractivity contribution is -0.384. The van der Waals surface area contributed by atoms with Gasteiger partial charge in [0.05, 0.1) is 17.7 Å². The van der Waals surface area contributed by atoms with Crippen molar-refractivity contribution >= 4 is 17.6 Å². The summed E-state index contributed by atoms with van der Waals surface area (Å²) in [6.45, 7) is 6.97. The summed E-state index contributed by atoms with van der Waals surface area (Å²) < 4.78 is 5.20. The summed E-state index contributed by atoms with van der Waals surface area (Å²) in [7, 11) is 0. The van der Waals surface area contributed by atoms with Crippen molar-refractivity contribution in [2.24, 2.45) is 4.99 Å². The lowest BCUT2D eigenvalue weighted by Crippen LogP contribution is -2.54. The average Bonchev–Trinajstić information content (AvgIpc) is 3.25. The smallest absolute Gasteiger partial charge is 0.289 e. The van der Waals surface area contributed by atoms with Crippen LogP contribution in [0, 0.1) is 10.1 Å². The predicted octanol–water partition coefficient (Wildman–Crippen LogP) is 2.50. The number of carbonyl (C=O) groups is 1. The Morgan fingerprint density at radius 2 is 1.83 bits per heavy atom. The summed E-state index contributed by atoms with van der Waals surface area (Å²) in [4.78, 5) is 31.4. The van der Waals surface area contributed by atoms with Crippen molar-refractivity contribution in [3.8, 4) is 0 Å². The Bertz CT molecular complexity index is 854. The number of aliphatic imine (C=N–C) groups is 1. The van der Waals surface area contributed by atoms with E-state index in [2.05, 4.69) is 10.2 Å². The zero-order valence-electron chi connectivity index (χ0n) is 16.6. The molecular weight excluding hydrogens is 374 g/mol. The van der Waals surface area contributed by atoms with Crippen molar-refractivity contribution < 1.29 is 14.1 Å². The number of benzene rings is 1. The Hall–Kier alpha value is -3.36. The number of non-ortho nitro benzene ring substituents is 1. The van der Waals surface area contributed by atoms with E-state index in [0.29, 0.717) is 38.5 Å². The van der Waals surface area contributed by atoms with Crippen molar-refractivity contribution in [2.45, 2.75) is 26.4 Å². The number of carbonyl (C=O) groups excluding carboxylic acids is 1. The van der Waals surface area contributed by atoms with E-state index in [4.69, 9.17) is 9.41 Å². The zero-order chi connectivity index (χ0) is 20.8. The van der Waals surface area contributed by atoms with Crippen LogP contribution in [0.25, 0.3) is 0 Å². The molecule has 9 nitrogen and oxygen atoms in total. The summed E-state index contributed by atoms with van der Waals surface area (Å²) in [5, 5.41) is 14.1. The van der Waals surface area contributed by atoms with E-state index in [0.717, 1.165) is 11.5 Å². The summed E-state index contributed by atoms with van der Waals surface area (Å²) in [6.07, 6.45) is 1.50. The molecule has 1 aliphatic heterocycles. The third kappa shape index (κ3) is 5.34. The van der Waals surface area contributed by atoms with E-state index in [1.807, 2.05) is 13.8 Å². The fraction of sp³-hybridized carbons (Fsp3) is 0.400. The van der Waals surface area contributed by atoms with Crippen LogP contribution in [0.15, 0.2) is 52.1 Å². The summed E-state index contributed by atoms with van der Waals surface area (Å²) in [5.41, 5.74) is 0.959. The minimum absolute atomic E-state index is 0.0654. The number of nitrogens with one attached hydrogen (secondary N) is 1. The fourth-order valence-corrected chi connectivity index (χ4v) is 3.06. The highest BCUT2D eigenvalue weighted by Crippen LogP contribution is 2.13. The third-order valence-electron chi connectivity index (χ3n) is 4.57. The van der Waals surface area contributed by atoms with E-state index >= 15 is 0 Å². The van der Waals surface area contributed by atoms with E-state index < -0.39 is 4.92 Å². The maximum Gasteiger partial charge on any atom is 0.289 e. The maximum absolute atomic E-state index is 12.4. The van der Waals surface area contributed by atoms with Gasteiger partial charge in [-0.15, -0.1) is 0 Å². The van der Waals surface area contributed by atoms with Gasteiger partial charge in [0.2, 0.25) is 0 Å². The number of amides is 1. The van der Waals surface area contributed by atoms with E-state index in [-0.39, 0.29) is 17.6 Å². The maximum atomic E-state index is 12.4. The first-order valence-corrected chi connectivity index (χ1v) is 9.56. The minimum atomic E-state index is -0.414. The van der Waals surface area contributed by atoms with Gasteiger partial charge in [-0.1, -0.05) is 12.1 Å². The van der Waals surface area contributed by atoms with Gasteiger partial charge in [-0.25, -0.2) is 4.99 Å². The molecule has 0 aliphatic carbocycles. The highest BCUT2D eigenvalue weighted by molar-refractivity contribution is 5.91. The first-order valence-electron chi connectivity index (χ1n) is 9.56. The molecule has 1 aliphatic rings. The molecule has 29 heavy (non-hydrogen) atoms. The number of rotatable bonds is 5. The number of piperazine rings is 1. The largest absolute Gasteiger partial charge is 0.459 e. The Morgan fingerprint density at radius 3 is 2.38 bits per heavy atom. The van der Waals surface area contributed by atoms with E-state index in [1.165, 1.54) is 18.4 Å². The molecule has 1 amide bonds. The molecule has 1 saturated heterocycles. The van der Waals surface area contributed by atoms with Crippen LogP contribution in [0.5, 0.6) is 0 Å². The highest BCUT2D eigenvalue weighted by Gasteiger charge is 2.25. The van der Waals surface area contributed by atoms with E-state index in [1.54, 1.807) is 29.2 Å². The molecule has 0 radical (unpaired) electrons. The normalized spacial score (nSPS) is 14.9. The minimum Gasteiger partial charge on any atom is -0.459 e. The number of nitro groups is 1. The molecule has 1 N–H and O–H groups in total. The molecule has 3 rings (SSSR count). The molecule has 0 saturated carbocycles. The number of nitrogens with zero attached hydrogens (tertiary/aromatic N) is 4. The number of furan rings is 1. The Balaban J connectivity index is 1.63. The van der Waals surface area contributed by atoms with Gasteiger partial charge in [-0.2, -0.15) is 0 Å². The predicted molar refractivity (Wildman–Crippen MR) is 109 cm³/mol. The first kappa shape index (κ1) is 20.4. The highest BCUT2D eigenvalue weighted by atomic mass is 16.6. The second kappa shape index (κ2) is 9.22. The van der Waals surface area contributed by atoms with Gasteiger partial charge >= 0.3 is 0 Å². The number of nitro benzene ring substituents is 1. The van der Waals surface area contributed by atoms with Crippen LogP contribution in [0.3, 0.4) is 0 Å². The Labute approximate surface area is 169 Å². The van der Waals surface area contributed by atoms with Crippen molar-refractivity contribution in [1.29, 1.82) is 0 Å². The molecule has 2 heterocycles. The van der Waals surface area contributed by atoms with Crippen molar-refractivity contribution in [2.75, 3.05) is 26.2 Å². The molecule has 1 aromatic heterocycles. The Morgan fingerprint density at radius 1 is 1.17 bits per heavy atom. The fourth-order valence-electron chi connectivity index (χ4n) is 3.06. The standard InChI is InChI=1S/C20H25N5O4/c1-15(2)22-20(21-14-16-5-7-17(8-6-16)25(27)28)24-11-9-23(10-12-24)19(26)18-4-3-13-29-18/h3-8,13,15H,9-12,14H2,1-2H3,(H,21,22). The van der Waals surface area contributed by atoms with Crippen LogP contribution in [0.1, 0.15) is 30.0 Å². The monoisotopic (exact) mass is 399 g/mol. The quantitative estimate of drug-likeness (QED) is 0.359. The number of hydrogen-bond acceptors (Lipinski definition) is 5. The van der Waals surface area contributed by atoms with Gasteiger partial charge in [0.25, 0.3) is 11.6 Å². The van der Waals surface area contributed by atoms with Gasteiger partial charge in [0, 0.05) is 44.4 Å². The molecule has 9 heteroatoms. The molecule has 154 valence electrons. The summed E-state index contributed by atoms with van der Waals surface area (Å²) in [5.74, 6) is 1.02. The van der Waals surface area contributed by atoms with Gasteiger partial charge in [-0.3, -0.25) is 14.9 Å².